The van der Waals surface area contributed by atoms with E-state index in [9.17, 15) is 4.79 Å². The normalized spacial score (nSPS) is 14.9. The number of carbonyl (C=O) groups excluding carboxylic acids is 1. The molecule has 0 radical (unpaired) electrons. The minimum absolute atomic E-state index is 0.189. The molecule has 1 amide bonds. The van der Waals surface area contributed by atoms with Crippen molar-refractivity contribution in [3.05, 3.63) is 94.5 Å². The number of ether oxygens (including phenoxy) is 2. The Morgan fingerprint density at radius 1 is 0.875 bits per heavy atom. The summed E-state index contributed by atoms with van der Waals surface area (Å²) in [6.45, 7) is 4.47. The summed E-state index contributed by atoms with van der Waals surface area (Å²) in [4.78, 5) is 20.4. The third-order valence-electron chi connectivity index (χ3n) is 6.17. The van der Waals surface area contributed by atoms with Gasteiger partial charge in [-0.1, -0.05) is 42.5 Å². The van der Waals surface area contributed by atoms with E-state index in [-0.39, 0.29) is 11.9 Å². The number of aliphatic imine (C=N–C) groups is 1. The molecular formula is C26H27N3O3. The molecule has 164 valence electrons. The summed E-state index contributed by atoms with van der Waals surface area (Å²) in [5, 5.41) is 0. The summed E-state index contributed by atoms with van der Waals surface area (Å²) < 4.78 is 10.6. The highest BCUT2D eigenvalue weighted by Crippen LogP contribution is 2.41. The largest absolute Gasteiger partial charge is 0.497 e. The highest BCUT2D eigenvalue weighted by molar-refractivity contribution is 6.09. The minimum atomic E-state index is -1.28. The first-order valence-corrected chi connectivity index (χ1v) is 10.4. The summed E-state index contributed by atoms with van der Waals surface area (Å²) in [5.74, 6) is 1.41. The first kappa shape index (κ1) is 21.4. The predicted octanol–water partition coefficient (Wildman–Crippen LogP) is 3.92. The molecule has 1 aliphatic heterocycles. The molecule has 4 rings (SSSR count). The molecule has 3 aromatic rings. The van der Waals surface area contributed by atoms with E-state index in [0.717, 1.165) is 22.3 Å². The number of hydrogen-bond donors (Lipinski definition) is 1. The molecule has 0 saturated heterocycles. The molecule has 0 bridgehead atoms. The van der Waals surface area contributed by atoms with Gasteiger partial charge in [-0.3, -0.25) is 9.69 Å². The Bertz CT molecular complexity index is 1120. The third kappa shape index (κ3) is 3.47. The van der Waals surface area contributed by atoms with Crippen molar-refractivity contribution in [1.29, 1.82) is 0 Å². The zero-order valence-corrected chi connectivity index (χ0v) is 18.8. The number of nitrogens with two attached hydrogens (primary N) is 1. The Hall–Kier alpha value is -3.80. The van der Waals surface area contributed by atoms with Gasteiger partial charge in [0.2, 0.25) is 0 Å². The molecule has 0 unspecified atom stereocenters. The maximum absolute atomic E-state index is 14.0. The van der Waals surface area contributed by atoms with Crippen LogP contribution in [-0.2, 0) is 16.9 Å². The second-order valence-electron chi connectivity index (χ2n) is 7.89. The van der Waals surface area contributed by atoms with Gasteiger partial charge in [0, 0.05) is 0 Å². The van der Waals surface area contributed by atoms with Crippen LogP contribution < -0.4 is 15.2 Å². The van der Waals surface area contributed by atoms with Gasteiger partial charge in [-0.25, -0.2) is 4.99 Å². The fourth-order valence-electron chi connectivity index (χ4n) is 4.09. The summed E-state index contributed by atoms with van der Waals surface area (Å²) >= 11 is 0. The van der Waals surface area contributed by atoms with Crippen molar-refractivity contribution in [3.63, 3.8) is 0 Å². The number of guanidine groups is 1. The molecule has 0 aliphatic carbocycles. The van der Waals surface area contributed by atoms with Gasteiger partial charge in [0.1, 0.15) is 11.5 Å². The molecule has 0 aromatic heterocycles. The number of methoxy groups -OCH3 is 2. The number of nitrogens with zero attached hydrogens (tertiary/aromatic N) is 2. The van der Waals surface area contributed by atoms with E-state index in [0.29, 0.717) is 18.0 Å². The van der Waals surface area contributed by atoms with Crippen molar-refractivity contribution < 1.29 is 14.3 Å². The van der Waals surface area contributed by atoms with Crippen LogP contribution in [0.3, 0.4) is 0 Å². The maximum atomic E-state index is 14.0. The van der Waals surface area contributed by atoms with Gasteiger partial charge < -0.3 is 15.2 Å². The van der Waals surface area contributed by atoms with Crippen LogP contribution in [0.1, 0.15) is 27.8 Å². The van der Waals surface area contributed by atoms with Crippen molar-refractivity contribution >= 4 is 11.9 Å². The summed E-state index contributed by atoms with van der Waals surface area (Å²) in [7, 11) is 3.22. The van der Waals surface area contributed by atoms with Gasteiger partial charge in [0.15, 0.2) is 11.5 Å². The lowest BCUT2D eigenvalue weighted by Crippen LogP contribution is -2.43. The molecule has 6 nitrogen and oxygen atoms in total. The van der Waals surface area contributed by atoms with Crippen LogP contribution in [0.4, 0.5) is 0 Å². The highest BCUT2D eigenvalue weighted by atomic mass is 16.5. The molecule has 2 N–H and O–H groups in total. The second-order valence-corrected chi connectivity index (χ2v) is 7.89. The van der Waals surface area contributed by atoms with E-state index < -0.39 is 5.54 Å². The standard InChI is InChI=1S/C26H27N3O3/c1-17-6-5-7-19(18(17)2)16-29-24(30)26(28-25(29)27,20-8-12-22(31-3)13-9-20)21-10-14-23(32-4)15-11-21/h5-15H,16H2,1-4H3,(H2,27,28). The molecule has 0 fully saturated rings. The lowest BCUT2D eigenvalue weighted by molar-refractivity contribution is -0.130. The van der Waals surface area contributed by atoms with Crippen LogP contribution in [0.25, 0.3) is 0 Å². The third-order valence-corrected chi connectivity index (χ3v) is 6.17. The quantitative estimate of drug-likeness (QED) is 0.644. The van der Waals surface area contributed by atoms with Crippen molar-refractivity contribution in [3.8, 4) is 11.5 Å². The molecule has 32 heavy (non-hydrogen) atoms. The van der Waals surface area contributed by atoms with Gasteiger partial charge >= 0.3 is 0 Å². The van der Waals surface area contributed by atoms with E-state index in [1.807, 2.05) is 60.7 Å². The number of benzene rings is 3. The highest BCUT2D eigenvalue weighted by Gasteiger charge is 2.50. The smallest absolute Gasteiger partial charge is 0.266 e. The molecule has 1 heterocycles. The van der Waals surface area contributed by atoms with Gasteiger partial charge in [-0.2, -0.15) is 0 Å². The Kier molecular flexibility index (Phi) is 5.61. The number of amides is 1. The van der Waals surface area contributed by atoms with Crippen molar-refractivity contribution in [1.82, 2.24) is 4.90 Å². The monoisotopic (exact) mass is 429 g/mol. The summed E-state index contributed by atoms with van der Waals surface area (Å²) in [6, 6.07) is 20.8. The topological polar surface area (TPSA) is 77.2 Å². The minimum Gasteiger partial charge on any atom is -0.497 e. The van der Waals surface area contributed by atoms with Crippen LogP contribution in [0.15, 0.2) is 71.7 Å². The van der Waals surface area contributed by atoms with Gasteiger partial charge in [-0.15, -0.1) is 0 Å². The van der Waals surface area contributed by atoms with Crippen LogP contribution in [-0.4, -0.2) is 31.0 Å². The Balaban J connectivity index is 1.82. The zero-order chi connectivity index (χ0) is 22.9. The molecular weight excluding hydrogens is 402 g/mol. The second kappa shape index (κ2) is 8.38. The SMILES string of the molecule is COc1ccc(C2(c3ccc(OC)cc3)N=C(N)N(Cc3cccc(C)c3C)C2=O)cc1. The Labute approximate surface area is 188 Å². The molecule has 0 spiro atoms. The van der Waals surface area contributed by atoms with Crippen molar-refractivity contribution in [2.45, 2.75) is 25.9 Å². The van der Waals surface area contributed by atoms with E-state index in [1.165, 1.54) is 5.56 Å². The van der Waals surface area contributed by atoms with Crippen LogP contribution >= 0.6 is 0 Å². The summed E-state index contributed by atoms with van der Waals surface area (Å²) in [5.41, 5.74) is 9.89. The maximum Gasteiger partial charge on any atom is 0.266 e. The first-order chi connectivity index (χ1) is 15.4. The molecule has 1 aliphatic rings. The molecule has 0 atom stereocenters. The average molecular weight is 430 g/mol. The van der Waals surface area contributed by atoms with Gasteiger partial charge in [0.25, 0.3) is 5.91 Å². The van der Waals surface area contributed by atoms with Crippen molar-refractivity contribution in [2.24, 2.45) is 10.7 Å². The summed E-state index contributed by atoms with van der Waals surface area (Å²) in [6.07, 6.45) is 0. The number of hydrogen-bond acceptors (Lipinski definition) is 5. The number of rotatable bonds is 6. The lowest BCUT2D eigenvalue weighted by atomic mass is 9.82. The van der Waals surface area contributed by atoms with E-state index in [4.69, 9.17) is 20.2 Å². The van der Waals surface area contributed by atoms with Crippen LogP contribution in [0.2, 0.25) is 0 Å². The van der Waals surface area contributed by atoms with Gasteiger partial charge in [-0.05, 0) is 65.9 Å². The fourth-order valence-corrected chi connectivity index (χ4v) is 4.09. The zero-order valence-electron chi connectivity index (χ0n) is 18.8. The van der Waals surface area contributed by atoms with Crippen LogP contribution in [0, 0.1) is 13.8 Å². The Morgan fingerprint density at radius 2 is 1.41 bits per heavy atom. The predicted molar refractivity (Wildman–Crippen MR) is 125 cm³/mol. The molecule has 0 saturated carbocycles. The van der Waals surface area contributed by atoms with Crippen LogP contribution in [0.5, 0.6) is 11.5 Å². The number of carbonyl (C=O) groups is 1. The first-order valence-electron chi connectivity index (χ1n) is 10.4. The van der Waals surface area contributed by atoms with E-state index in [2.05, 4.69) is 19.9 Å². The molecule has 6 heteroatoms. The Morgan fingerprint density at radius 3 is 1.91 bits per heavy atom. The van der Waals surface area contributed by atoms with E-state index in [1.54, 1.807) is 19.1 Å². The van der Waals surface area contributed by atoms with E-state index >= 15 is 0 Å². The number of aryl methyl sites for hydroxylation is 1. The fraction of sp³-hybridized carbons (Fsp3) is 0.231. The lowest BCUT2D eigenvalue weighted by Gasteiger charge is -2.28. The van der Waals surface area contributed by atoms with Gasteiger partial charge in [0.05, 0.1) is 20.8 Å². The average Bonchev–Trinajstić information content (AvgIpc) is 3.07. The van der Waals surface area contributed by atoms with Crippen molar-refractivity contribution in [2.75, 3.05) is 14.2 Å². The molecule has 3 aromatic carbocycles.